The molecule has 0 aliphatic rings. The van der Waals surface area contributed by atoms with Crippen molar-refractivity contribution in [3.8, 4) is 11.5 Å². The van der Waals surface area contributed by atoms with Crippen molar-refractivity contribution in [2.24, 2.45) is 0 Å². The lowest BCUT2D eigenvalue weighted by Crippen LogP contribution is -2.29. The number of hydrogen-bond donors (Lipinski definition) is 1. The van der Waals surface area contributed by atoms with Crippen LogP contribution in [0.15, 0.2) is 48.5 Å². The van der Waals surface area contributed by atoms with Crippen LogP contribution >= 0.6 is 11.6 Å². The largest absolute Gasteiger partial charge is 0.493 e. The monoisotopic (exact) mass is 389 g/mol. The normalized spacial score (nSPS) is 11.7. The molecule has 1 atom stereocenters. The van der Waals surface area contributed by atoms with Crippen molar-refractivity contribution in [1.82, 2.24) is 0 Å². The van der Waals surface area contributed by atoms with Crippen LogP contribution < -0.4 is 14.8 Å². The Labute approximate surface area is 162 Å². The van der Waals surface area contributed by atoms with Crippen LogP contribution in [0.2, 0.25) is 5.02 Å². The highest BCUT2D eigenvalue weighted by Crippen LogP contribution is 2.28. The molecule has 7 heteroatoms. The second kappa shape index (κ2) is 9.64. The van der Waals surface area contributed by atoms with Crippen molar-refractivity contribution >= 4 is 35.2 Å². The van der Waals surface area contributed by atoms with E-state index < -0.39 is 18.0 Å². The van der Waals surface area contributed by atoms with Crippen molar-refractivity contribution in [2.75, 3.05) is 19.5 Å². The zero-order chi connectivity index (χ0) is 19.8. The van der Waals surface area contributed by atoms with Gasteiger partial charge in [0, 0.05) is 16.8 Å². The Bertz CT molecular complexity index is 833. The fourth-order valence-electron chi connectivity index (χ4n) is 2.16. The molecule has 0 aliphatic heterocycles. The number of carbonyl (C=O) groups excluding carboxylic acids is 2. The molecule has 1 N–H and O–H groups in total. The molecule has 2 rings (SSSR count). The molecular weight excluding hydrogens is 370 g/mol. The minimum atomic E-state index is -0.955. The van der Waals surface area contributed by atoms with E-state index in [1.807, 2.05) is 0 Å². The average Bonchev–Trinajstić information content (AvgIpc) is 2.67. The van der Waals surface area contributed by atoms with Crippen molar-refractivity contribution in [1.29, 1.82) is 0 Å². The Morgan fingerprint density at radius 3 is 2.33 bits per heavy atom. The maximum Gasteiger partial charge on any atom is 0.331 e. The van der Waals surface area contributed by atoms with Crippen molar-refractivity contribution in [3.05, 3.63) is 59.1 Å². The summed E-state index contributed by atoms with van der Waals surface area (Å²) in [4.78, 5) is 24.0. The summed E-state index contributed by atoms with van der Waals surface area (Å²) in [5, 5.41) is 3.21. The summed E-state index contributed by atoms with van der Waals surface area (Å²) >= 11 is 5.80. The molecule has 2 aromatic carbocycles. The zero-order valence-corrected chi connectivity index (χ0v) is 15.9. The van der Waals surface area contributed by atoms with Crippen LogP contribution in [-0.2, 0) is 14.3 Å². The van der Waals surface area contributed by atoms with Gasteiger partial charge in [0.15, 0.2) is 17.6 Å². The number of ether oxygens (including phenoxy) is 3. The van der Waals surface area contributed by atoms with E-state index in [9.17, 15) is 9.59 Å². The van der Waals surface area contributed by atoms with E-state index in [0.29, 0.717) is 22.2 Å². The first-order valence-corrected chi connectivity index (χ1v) is 8.48. The lowest BCUT2D eigenvalue weighted by Gasteiger charge is -2.12. The van der Waals surface area contributed by atoms with Crippen LogP contribution in [0, 0.1) is 0 Å². The van der Waals surface area contributed by atoms with Crippen LogP contribution in [0.1, 0.15) is 12.5 Å². The SMILES string of the molecule is COc1ccc(/C=C/C(=O)O[C@H](C)C(=O)Nc2ccc(Cl)cc2)cc1OC. The minimum absolute atomic E-state index is 0.440. The number of esters is 1. The lowest BCUT2D eigenvalue weighted by atomic mass is 10.2. The molecule has 142 valence electrons. The number of methoxy groups -OCH3 is 2. The van der Waals surface area contributed by atoms with Gasteiger partial charge in [-0.1, -0.05) is 17.7 Å². The Kier molecular flexibility index (Phi) is 7.25. The van der Waals surface area contributed by atoms with Gasteiger partial charge >= 0.3 is 5.97 Å². The second-order valence-corrected chi connectivity index (χ2v) is 5.96. The van der Waals surface area contributed by atoms with Gasteiger partial charge in [0.2, 0.25) is 0 Å². The quantitative estimate of drug-likeness (QED) is 0.573. The van der Waals surface area contributed by atoms with Gasteiger partial charge in [0.25, 0.3) is 5.91 Å². The topological polar surface area (TPSA) is 73.9 Å². The van der Waals surface area contributed by atoms with Gasteiger partial charge in [0.05, 0.1) is 14.2 Å². The highest BCUT2D eigenvalue weighted by Gasteiger charge is 2.16. The fourth-order valence-corrected chi connectivity index (χ4v) is 2.29. The van der Waals surface area contributed by atoms with Crippen LogP contribution in [0.4, 0.5) is 5.69 Å². The van der Waals surface area contributed by atoms with Gasteiger partial charge in [-0.15, -0.1) is 0 Å². The molecule has 0 fully saturated rings. The third-order valence-corrected chi connectivity index (χ3v) is 3.85. The molecule has 6 nitrogen and oxygen atoms in total. The summed E-state index contributed by atoms with van der Waals surface area (Å²) in [6.07, 6.45) is 1.85. The minimum Gasteiger partial charge on any atom is -0.493 e. The lowest BCUT2D eigenvalue weighted by molar-refractivity contribution is -0.148. The maximum absolute atomic E-state index is 12.1. The maximum atomic E-state index is 12.1. The van der Waals surface area contributed by atoms with Gasteiger partial charge < -0.3 is 19.5 Å². The van der Waals surface area contributed by atoms with Crippen molar-refractivity contribution in [2.45, 2.75) is 13.0 Å². The van der Waals surface area contributed by atoms with Crippen LogP contribution in [0.5, 0.6) is 11.5 Å². The van der Waals surface area contributed by atoms with E-state index in [0.717, 1.165) is 5.56 Å². The van der Waals surface area contributed by atoms with Crippen molar-refractivity contribution in [3.63, 3.8) is 0 Å². The molecule has 0 heterocycles. The Morgan fingerprint density at radius 2 is 1.70 bits per heavy atom. The van der Waals surface area contributed by atoms with Gasteiger partial charge in [-0.25, -0.2) is 4.79 Å². The molecule has 0 aromatic heterocycles. The van der Waals surface area contributed by atoms with Crippen LogP contribution in [-0.4, -0.2) is 32.2 Å². The molecule has 2 aromatic rings. The summed E-state index contributed by atoms with van der Waals surface area (Å²) < 4.78 is 15.5. The number of amides is 1. The molecule has 0 radical (unpaired) electrons. The fraction of sp³-hybridized carbons (Fsp3) is 0.200. The molecule has 0 saturated carbocycles. The number of rotatable bonds is 7. The standard InChI is InChI=1S/C20H20ClNO5/c1-13(20(24)22-16-8-6-15(21)7-9-16)27-19(23)11-5-14-4-10-17(25-2)18(12-14)26-3/h4-13H,1-3H3,(H,22,24)/b11-5+/t13-/m1/s1. The Balaban J connectivity index is 1.93. The van der Waals surface area contributed by atoms with Gasteiger partial charge in [-0.3, -0.25) is 4.79 Å². The van der Waals surface area contributed by atoms with Gasteiger partial charge in [-0.2, -0.15) is 0 Å². The molecule has 1 amide bonds. The van der Waals surface area contributed by atoms with Gasteiger partial charge in [0.1, 0.15) is 0 Å². The molecule has 0 bridgehead atoms. The summed E-state index contributed by atoms with van der Waals surface area (Å²) in [6, 6.07) is 11.8. The Morgan fingerprint density at radius 1 is 1.04 bits per heavy atom. The second-order valence-electron chi connectivity index (χ2n) is 5.52. The van der Waals surface area contributed by atoms with Crippen LogP contribution in [0.25, 0.3) is 6.08 Å². The third-order valence-electron chi connectivity index (χ3n) is 3.59. The Hall–Kier alpha value is -2.99. The number of nitrogens with one attached hydrogen (secondary N) is 1. The highest BCUT2D eigenvalue weighted by atomic mass is 35.5. The van der Waals surface area contributed by atoms with E-state index in [1.54, 1.807) is 55.7 Å². The summed E-state index contributed by atoms with van der Waals surface area (Å²) in [5.41, 5.74) is 1.29. The van der Waals surface area contributed by atoms with Crippen molar-refractivity contribution < 1.29 is 23.8 Å². The van der Waals surface area contributed by atoms with E-state index in [1.165, 1.54) is 20.1 Å². The first kappa shape index (κ1) is 20.3. The number of benzene rings is 2. The number of anilines is 1. The molecule has 0 unspecified atom stereocenters. The molecule has 0 aliphatic carbocycles. The van der Waals surface area contributed by atoms with Crippen LogP contribution in [0.3, 0.4) is 0 Å². The number of halogens is 1. The zero-order valence-electron chi connectivity index (χ0n) is 15.2. The molecule has 0 spiro atoms. The highest BCUT2D eigenvalue weighted by molar-refractivity contribution is 6.30. The van der Waals surface area contributed by atoms with E-state index >= 15 is 0 Å². The van der Waals surface area contributed by atoms with Gasteiger partial charge in [-0.05, 0) is 55.0 Å². The summed E-state index contributed by atoms with van der Waals surface area (Å²) in [7, 11) is 3.07. The van der Waals surface area contributed by atoms with E-state index in [2.05, 4.69) is 5.32 Å². The number of carbonyl (C=O) groups is 2. The molecule has 27 heavy (non-hydrogen) atoms. The predicted octanol–water partition coefficient (Wildman–Crippen LogP) is 3.94. The predicted molar refractivity (Wildman–Crippen MR) is 104 cm³/mol. The third kappa shape index (κ3) is 6.04. The molecule has 0 saturated heterocycles. The van der Waals surface area contributed by atoms with E-state index in [4.69, 9.17) is 25.8 Å². The smallest absolute Gasteiger partial charge is 0.331 e. The summed E-state index contributed by atoms with van der Waals surface area (Å²) in [5.74, 6) is 0.0576. The van der Waals surface area contributed by atoms with E-state index in [-0.39, 0.29) is 0 Å². The molecular formula is C20H20ClNO5. The first-order chi connectivity index (χ1) is 12.9. The average molecular weight is 390 g/mol. The first-order valence-electron chi connectivity index (χ1n) is 8.10. The summed E-state index contributed by atoms with van der Waals surface area (Å²) in [6.45, 7) is 1.49. The number of hydrogen-bond acceptors (Lipinski definition) is 5.